The van der Waals surface area contributed by atoms with Gasteiger partial charge in [-0.25, -0.2) is 4.79 Å². The molecule has 0 aliphatic rings. The molecule has 0 bridgehead atoms. The Morgan fingerprint density at radius 2 is 1.89 bits per heavy atom. The first-order valence-electron chi connectivity index (χ1n) is 8.14. The lowest BCUT2D eigenvalue weighted by Crippen LogP contribution is -2.21. The number of nitrogens with one attached hydrogen (secondary N) is 2. The lowest BCUT2D eigenvalue weighted by atomic mass is 10.1. The second-order valence-electron chi connectivity index (χ2n) is 5.54. The number of ether oxygens (including phenoxy) is 2. The summed E-state index contributed by atoms with van der Waals surface area (Å²) in [4.78, 5) is 34.7. The van der Waals surface area contributed by atoms with Gasteiger partial charge in [-0.2, -0.15) is 0 Å². The average Bonchev–Trinajstić information content (AvgIpc) is 2.68. The van der Waals surface area contributed by atoms with Crippen molar-refractivity contribution in [2.75, 3.05) is 37.5 Å². The van der Waals surface area contributed by atoms with E-state index in [1.54, 1.807) is 12.1 Å². The normalized spacial score (nSPS) is 10.2. The van der Waals surface area contributed by atoms with Gasteiger partial charge in [0.2, 0.25) is 0 Å². The van der Waals surface area contributed by atoms with Crippen molar-refractivity contribution >= 4 is 51.5 Å². The van der Waals surface area contributed by atoms with Gasteiger partial charge in [0, 0.05) is 29.0 Å². The standard InChI is InChI=1S/C18H18IN3O6/c1-27-9-8-20-15-7-2-12(10-16(15)22(25)26)18(24)28-11-17(23)21-14-5-3-13(19)4-6-14/h2-7,10,20H,8-9,11H2,1H3,(H,21,23). The number of nitrogens with zero attached hydrogens (tertiary/aromatic N) is 1. The molecule has 2 N–H and O–H groups in total. The Bertz CT molecular complexity index is 857. The molecule has 0 heterocycles. The number of rotatable bonds is 9. The molecule has 0 aliphatic carbocycles. The molecule has 148 valence electrons. The monoisotopic (exact) mass is 499 g/mol. The van der Waals surface area contributed by atoms with Crippen LogP contribution in [0.2, 0.25) is 0 Å². The van der Waals surface area contributed by atoms with Crippen molar-refractivity contribution < 1.29 is 24.0 Å². The van der Waals surface area contributed by atoms with Crippen molar-refractivity contribution in [3.63, 3.8) is 0 Å². The van der Waals surface area contributed by atoms with Gasteiger partial charge in [0.1, 0.15) is 5.69 Å². The molecule has 0 saturated carbocycles. The van der Waals surface area contributed by atoms with E-state index in [-0.39, 0.29) is 16.9 Å². The van der Waals surface area contributed by atoms with E-state index >= 15 is 0 Å². The quantitative estimate of drug-likeness (QED) is 0.179. The van der Waals surface area contributed by atoms with Crippen LogP contribution in [0.5, 0.6) is 0 Å². The summed E-state index contributed by atoms with van der Waals surface area (Å²) in [6, 6.07) is 11.0. The number of benzene rings is 2. The van der Waals surface area contributed by atoms with Crippen molar-refractivity contribution in [3.8, 4) is 0 Å². The minimum absolute atomic E-state index is 0.0222. The number of anilines is 2. The minimum Gasteiger partial charge on any atom is -0.452 e. The predicted molar refractivity (Wildman–Crippen MR) is 112 cm³/mol. The summed E-state index contributed by atoms with van der Waals surface area (Å²) in [5.41, 5.74) is 0.540. The zero-order valence-electron chi connectivity index (χ0n) is 14.9. The molecule has 9 nitrogen and oxygen atoms in total. The van der Waals surface area contributed by atoms with Crippen LogP contribution in [0.1, 0.15) is 10.4 Å². The maximum Gasteiger partial charge on any atom is 0.338 e. The van der Waals surface area contributed by atoms with Crippen molar-refractivity contribution in [3.05, 3.63) is 61.7 Å². The SMILES string of the molecule is COCCNc1ccc(C(=O)OCC(=O)Nc2ccc(I)cc2)cc1[N+](=O)[O-]. The van der Waals surface area contributed by atoms with Gasteiger partial charge >= 0.3 is 5.97 Å². The fourth-order valence-corrected chi connectivity index (χ4v) is 2.55. The zero-order valence-corrected chi connectivity index (χ0v) is 17.1. The van der Waals surface area contributed by atoms with Crippen LogP contribution in [-0.2, 0) is 14.3 Å². The van der Waals surface area contributed by atoms with Crippen LogP contribution in [0.25, 0.3) is 0 Å². The van der Waals surface area contributed by atoms with Crippen molar-refractivity contribution in [1.29, 1.82) is 0 Å². The lowest BCUT2D eigenvalue weighted by Gasteiger charge is -2.09. The maximum atomic E-state index is 12.1. The number of halogens is 1. The summed E-state index contributed by atoms with van der Waals surface area (Å²) >= 11 is 2.14. The Hall–Kier alpha value is -2.73. The second kappa shape index (κ2) is 10.6. The Balaban J connectivity index is 1.97. The van der Waals surface area contributed by atoms with E-state index in [2.05, 4.69) is 33.2 Å². The molecule has 0 aromatic heterocycles. The van der Waals surface area contributed by atoms with Crippen LogP contribution in [-0.4, -0.2) is 43.7 Å². The smallest absolute Gasteiger partial charge is 0.338 e. The molecule has 0 unspecified atom stereocenters. The molecule has 2 aromatic rings. The fraction of sp³-hybridized carbons (Fsp3) is 0.222. The molecule has 0 fully saturated rings. The number of hydrogen-bond acceptors (Lipinski definition) is 7. The number of carbonyl (C=O) groups excluding carboxylic acids is 2. The van der Waals surface area contributed by atoms with Crippen molar-refractivity contribution in [2.45, 2.75) is 0 Å². The van der Waals surface area contributed by atoms with Crippen molar-refractivity contribution in [2.24, 2.45) is 0 Å². The van der Waals surface area contributed by atoms with Crippen LogP contribution in [0.3, 0.4) is 0 Å². The van der Waals surface area contributed by atoms with Gasteiger partial charge in [-0.1, -0.05) is 0 Å². The minimum atomic E-state index is -0.829. The van der Waals surface area contributed by atoms with E-state index in [1.165, 1.54) is 19.2 Å². The van der Waals surface area contributed by atoms with Gasteiger partial charge in [0.15, 0.2) is 6.61 Å². The number of nitro groups is 1. The lowest BCUT2D eigenvalue weighted by molar-refractivity contribution is -0.384. The van der Waals surface area contributed by atoms with E-state index in [4.69, 9.17) is 9.47 Å². The Labute approximate surface area is 174 Å². The third kappa shape index (κ3) is 6.46. The Morgan fingerprint density at radius 1 is 1.18 bits per heavy atom. The van der Waals surface area contributed by atoms with Gasteiger partial charge in [0.25, 0.3) is 11.6 Å². The number of esters is 1. The maximum absolute atomic E-state index is 12.1. The third-order valence-electron chi connectivity index (χ3n) is 3.51. The van der Waals surface area contributed by atoms with Crippen LogP contribution in [0.4, 0.5) is 17.1 Å². The molecule has 28 heavy (non-hydrogen) atoms. The van der Waals surface area contributed by atoms with E-state index in [1.807, 2.05) is 12.1 Å². The number of methoxy groups -OCH3 is 1. The van der Waals surface area contributed by atoms with Gasteiger partial charge in [-0.05, 0) is 59.0 Å². The molecule has 2 rings (SSSR count). The highest BCUT2D eigenvalue weighted by Gasteiger charge is 2.19. The predicted octanol–water partition coefficient (Wildman–Crippen LogP) is 3.05. The van der Waals surface area contributed by atoms with E-state index < -0.39 is 23.4 Å². The zero-order chi connectivity index (χ0) is 20.5. The molecule has 10 heteroatoms. The summed E-state index contributed by atoms with van der Waals surface area (Å²) in [6.45, 7) is 0.239. The molecular weight excluding hydrogens is 481 g/mol. The third-order valence-corrected chi connectivity index (χ3v) is 4.23. The summed E-state index contributed by atoms with van der Waals surface area (Å²) < 4.78 is 10.8. The molecule has 0 saturated heterocycles. The Morgan fingerprint density at radius 3 is 2.54 bits per heavy atom. The topological polar surface area (TPSA) is 120 Å². The average molecular weight is 499 g/mol. The molecule has 0 radical (unpaired) electrons. The highest BCUT2D eigenvalue weighted by Crippen LogP contribution is 2.25. The number of nitro benzene ring substituents is 1. The number of carbonyl (C=O) groups is 2. The van der Waals surface area contributed by atoms with E-state index in [9.17, 15) is 19.7 Å². The first-order valence-corrected chi connectivity index (χ1v) is 9.22. The van der Waals surface area contributed by atoms with Crippen LogP contribution >= 0.6 is 22.6 Å². The van der Waals surface area contributed by atoms with Gasteiger partial charge in [0.05, 0.1) is 17.1 Å². The van der Waals surface area contributed by atoms with E-state index in [0.717, 1.165) is 9.64 Å². The van der Waals surface area contributed by atoms with Crippen LogP contribution < -0.4 is 10.6 Å². The first-order chi connectivity index (χ1) is 13.4. The number of amides is 1. The van der Waals surface area contributed by atoms with Crippen LogP contribution in [0.15, 0.2) is 42.5 Å². The summed E-state index contributed by atoms with van der Waals surface area (Å²) in [6.07, 6.45) is 0. The van der Waals surface area contributed by atoms with Gasteiger partial charge in [-0.15, -0.1) is 0 Å². The summed E-state index contributed by atoms with van der Waals surface area (Å²) in [7, 11) is 1.52. The van der Waals surface area contributed by atoms with Crippen LogP contribution in [0, 0.1) is 13.7 Å². The molecule has 2 aromatic carbocycles. The van der Waals surface area contributed by atoms with Gasteiger partial charge in [-0.3, -0.25) is 14.9 Å². The summed E-state index contributed by atoms with van der Waals surface area (Å²) in [5, 5.41) is 16.7. The fourth-order valence-electron chi connectivity index (χ4n) is 2.19. The Kier molecular flexibility index (Phi) is 8.14. The van der Waals surface area contributed by atoms with E-state index in [0.29, 0.717) is 18.8 Å². The molecule has 0 aliphatic heterocycles. The second-order valence-corrected chi connectivity index (χ2v) is 6.79. The highest BCUT2D eigenvalue weighted by molar-refractivity contribution is 14.1. The number of hydrogen-bond donors (Lipinski definition) is 2. The molecule has 0 spiro atoms. The highest BCUT2D eigenvalue weighted by atomic mass is 127. The van der Waals surface area contributed by atoms with Gasteiger partial charge < -0.3 is 20.1 Å². The van der Waals surface area contributed by atoms with Crippen molar-refractivity contribution in [1.82, 2.24) is 0 Å². The summed E-state index contributed by atoms with van der Waals surface area (Å²) in [5.74, 6) is -1.34. The molecule has 0 atom stereocenters. The molecular formula is C18H18IN3O6. The first kappa shape index (κ1) is 21.6. The molecule has 1 amide bonds. The largest absolute Gasteiger partial charge is 0.452 e.